The summed E-state index contributed by atoms with van der Waals surface area (Å²) < 4.78 is 0. The van der Waals surface area contributed by atoms with Gasteiger partial charge in [-0.3, -0.25) is 4.90 Å². The van der Waals surface area contributed by atoms with Gasteiger partial charge < -0.3 is 4.90 Å². The predicted molar refractivity (Wildman–Crippen MR) is 69.7 cm³/mol. The standard InChI is InChI=1S/C14H25N3/c1-16-10-11-17(14(12-16)8-9-15)13-6-4-2-3-5-7-13/h13-14H,2-8,10-12H2,1H3. The van der Waals surface area contributed by atoms with Crippen LogP contribution in [0.25, 0.3) is 0 Å². The summed E-state index contributed by atoms with van der Waals surface area (Å²) in [6, 6.07) is 3.60. The maximum atomic E-state index is 8.98. The van der Waals surface area contributed by atoms with Crippen molar-refractivity contribution in [3.05, 3.63) is 0 Å². The van der Waals surface area contributed by atoms with Crippen molar-refractivity contribution in [3.8, 4) is 6.07 Å². The van der Waals surface area contributed by atoms with Gasteiger partial charge in [-0.25, -0.2) is 0 Å². The van der Waals surface area contributed by atoms with E-state index in [0.717, 1.165) is 19.1 Å². The second-order valence-electron chi connectivity index (χ2n) is 5.66. The Morgan fingerprint density at radius 1 is 1.12 bits per heavy atom. The fourth-order valence-electron chi connectivity index (χ4n) is 3.38. The Labute approximate surface area is 105 Å². The fourth-order valence-corrected chi connectivity index (χ4v) is 3.38. The first kappa shape index (κ1) is 12.9. The molecule has 2 fully saturated rings. The van der Waals surface area contributed by atoms with Crippen LogP contribution in [0.15, 0.2) is 0 Å². The minimum Gasteiger partial charge on any atom is -0.304 e. The summed E-state index contributed by atoms with van der Waals surface area (Å²) in [5.41, 5.74) is 0. The van der Waals surface area contributed by atoms with Gasteiger partial charge in [-0.2, -0.15) is 5.26 Å². The van der Waals surface area contributed by atoms with E-state index in [2.05, 4.69) is 22.9 Å². The highest BCUT2D eigenvalue weighted by molar-refractivity contribution is 4.91. The van der Waals surface area contributed by atoms with Crippen LogP contribution in [0.4, 0.5) is 0 Å². The molecule has 1 aliphatic heterocycles. The molecule has 0 spiro atoms. The molecule has 0 bridgehead atoms. The van der Waals surface area contributed by atoms with Crippen LogP contribution < -0.4 is 0 Å². The highest BCUT2D eigenvalue weighted by atomic mass is 15.3. The third-order valence-electron chi connectivity index (χ3n) is 4.35. The number of hydrogen-bond donors (Lipinski definition) is 0. The molecule has 1 saturated heterocycles. The van der Waals surface area contributed by atoms with Gasteiger partial charge in [-0.1, -0.05) is 25.7 Å². The quantitative estimate of drug-likeness (QED) is 0.688. The average molecular weight is 235 g/mol. The molecular weight excluding hydrogens is 210 g/mol. The van der Waals surface area contributed by atoms with E-state index < -0.39 is 0 Å². The maximum absolute atomic E-state index is 8.98. The molecule has 2 rings (SSSR count). The van der Waals surface area contributed by atoms with Crippen LogP contribution in [0, 0.1) is 11.3 Å². The van der Waals surface area contributed by atoms with Gasteiger partial charge in [-0.05, 0) is 19.9 Å². The van der Waals surface area contributed by atoms with Gasteiger partial charge in [0.1, 0.15) is 0 Å². The summed E-state index contributed by atoms with van der Waals surface area (Å²) in [4.78, 5) is 5.02. The van der Waals surface area contributed by atoms with Crippen molar-refractivity contribution < 1.29 is 0 Å². The largest absolute Gasteiger partial charge is 0.304 e. The topological polar surface area (TPSA) is 30.3 Å². The number of hydrogen-bond acceptors (Lipinski definition) is 3. The van der Waals surface area contributed by atoms with E-state index in [1.54, 1.807) is 0 Å². The Hall–Kier alpha value is -0.590. The second kappa shape index (κ2) is 6.37. The van der Waals surface area contributed by atoms with Crippen LogP contribution in [0.5, 0.6) is 0 Å². The number of likely N-dealkylation sites (N-methyl/N-ethyl adjacent to an activating group) is 1. The van der Waals surface area contributed by atoms with E-state index in [4.69, 9.17) is 5.26 Å². The normalized spacial score (nSPS) is 29.8. The second-order valence-corrected chi connectivity index (χ2v) is 5.66. The van der Waals surface area contributed by atoms with E-state index in [-0.39, 0.29) is 0 Å². The molecule has 3 nitrogen and oxygen atoms in total. The molecule has 17 heavy (non-hydrogen) atoms. The zero-order chi connectivity index (χ0) is 12.1. The van der Waals surface area contributed by atoms with Crippen LogP contribution in [0.2, 0.25) is 0 Å². The van der Waals surface area contributed by atoms with Gasteiger partial charge in [0.15, 0.2) is 0 Å². The number of nitrogens with zero attached hydrogens (tertiary/aromatic N) is 3. The van der Waals surface area contributed by atoms with Crippen LogP contribution in [-0.2, 0) is 0 Å². The lowest BCUT2D eigenvalue weighted by Gasteiger charge is -2.43. The molecule has 0 aromatic rings. The molecule has 1 heterocycles. The highest BCUT2D eigenvalue weighted by Crippen LogP contribution is 2.25. The van der Waals surface area contributed by atoms with E-state index in [1.807, 2.05) is 0 Å². The molecule has 0 N–H and O–H groups in total. The summed E-state index contributed by atoms with van der Waals surface area (Å²) >= 11 is 0. The molecule has 0 aromatic carbocycles. The first-order chi connectivity index (χ1) is 8.31. The van der Waals surface area contributed by atoms with E-state index in [1.165, 1.54) is 45.1 Å². The van der Waals surface area contributed by atoms with E-state index in [0.29, 0.717) is 12.5 Å². The summed E-state index contributed by atoms with van der Waals surface area (Å²) in [6.45, 7) is 3.40. The van der Waals surface area contributed by atoms with Crippen LogP contribution in [0.3, 0.4) is 0 Å². The number of piperazine rings is 1. The van der Waals surface area contributed by atoms with Crippen molar-refractivity contribution in [2.75, 3.05) is 26.7 Å². The fraction of sp³-hybridized carbons (Fsp3) is 0.929. The van der Waals surface area contributed by atoms with Gasteiger partial charge in [-0.15, -0.1) is 0 Å². The molecule has 1 atom stereocenters. The molecular formula is C14H25N3. The average Bonchev–Trinajstić information content (AvgIpc) is 2.58. The smallest absolute Gasteiger partial charge is 0.0638 e. The van der Waals surface area contributed by atoms with Gasteiger partial charge in [0.05, 0.1) is 12.5 Å². The van der Waals surface area contributed by atoms with Gasteiger partial charge in [0, 0.05) is 31.7 Å². The molecule has 3 heteroatoms. The van der Waals surface area contributed by atoms with Crippen LogP contribution in [0.1, 0.15) is 44.9 Å². The lowest BCUT2D eigenvalue weighted by atomic mass is 10.0. The summed E-state index contributed by atoms with van der Waals surface area (Å²) in [7, 11) is 2.18. The number of rotatable bonds is 2. The zero-order valence-corrected chi connectivity index (χ0v) is 11.1. The Balaban J connectivity index is 1.98. The Kier molecular flexibility index (Phi) is 4.82. The third kappa shape index (κ3) is 3.43. The first-order valence-electron chi connectivity index (χ1n) is 7.12. The molecule has 1 saturated carbocycles. The molecule has 1 aliphatic carbocycles. The van der Waals surface area contributed by atoms with Crippen LogP contribution >= 0.6 is 0 Å². The third-order valence-corrected chi connectivity index (χ3v) is 4.35. The van der Waals surface area contributed by atoms with Gasteiger partial charge in [0.2, 0.25) is 0 Å². The van der Waals surface area contributed by atoms with E-state index >= 15 is 0 Å². The van der Waals surface area contributed by atoms with Gasteiger partial charge >= 0.3 is 0 Å². The predicted octanol–water partition coefficient (Wildman–Crippen LogP) is 2.24. The zero-order valence-electron chi connectivity index (χ0n) is 11.1. The SMILES string of the molecule is CN1CCN(C2CCCCCC2)C(CC#N)C1. The van der Waals surface area contributed by atoms with Crippen molar-refractivity contribution in [3.63, 3.8) is 0 Å². The summed E-state index contributed by atoms with van der Waals surface area (Å²) in [6.07, 6.45) is 8.99. The molecule has 0 radical (unpaired) electrons. The number of nitriles is 1. The Bertz CT molecular complexity index is 263. The lowest BCUT2D eigenvalue weighted by Crippen LogP contribution is -2.55. The van der Waals surface area contributed by atoms with Crippen molar-refractivity contribution in [2.45, 2.75) is 57.0 Å². The molecule has 0 amide bonds. The van der Waals surface area contributed by atoms with E-state index in [9.17, 15) is 0 Å². The van der Waals surface area contributed by atoms with Crippen LogP contribution in [-0.4, -0.2) is 48.6 Å². The monoisotopic (exact) mass is 235 g/mol. The molecule has 1 unspecified atom stereocenters. The summed E-state index contributed by atoms with van der Waals surface area (Å²) in [5.74, 6) is 0. The van der Waals surface area contributed by atoms with Crippen molar-refractivity contribution in [1.29, 1.82) is 5.26 Å². The molecule has 0 aromatic heterocycles. The van der Waals surface area contributed by atoms with Gasteiger partial charge in [0.25, 0.3) is 0 Å². The van der Waals surface area contributed by atoms with Crippen molar-refractivity contribution in [1.82, 2.24) is 9.80 Å². The minimum absolute atomic E-state index is 0.474. The molecule has 96 valence electrons. The lowest BCUT2D eigenvalue weighted by molar-refractivity contribution is 0.0480. The Morgan fingerprint density at radius 2 is 1.82 bits per heavy atom. The minimum atomic E-state index is 0.474. The first-order valence-corrected chi connectivity index (χ1v) is 7.12. The van der Waals surface area contributed by atoms with Crippen molar-refractivity contribution in [2.24, 2.45) is 0 Å². The maximum Gasteiger partial charge on any atom is 0.0638 e. The highest BCUT2D eigenvalue weighted by Gasteiger charge is 2.30. The van der Waals surface area contributed by atoms with Crippen molar-refractivity contribution >= 4 is 0 Å². The Morgan fingerprint density at radius 3 is 2.47 bits per heavy atom. The summed E-state index contributed by atoms with van der Waals surface area (Å²) in [5, 5.41) is 8.98. The molecule has 2 aliphatic rings.